The summed E-state index contributed by atoms with van der Waals surface area (Å²) in [5.74, 6) is 5.15. The number of rotatable bonds is 3. The molecular weight excluding hydrogens is 406 g/mol. The lowest BCUT2D eigenvalue weighted by molar-refractivity contribution is 0.564. The average Bonchev–Trinajstić information content (AvgIpc) is 2.63. The van der Waals surface area contributed by atoms with Crippen molar-refractivity contribution in [2.75, 3.05) is 0 Å². The Balaban J connectivity index is 2.45. The van der Waals surface area contributed by atoms with Crippen molar-refractivity contribution < 1.29 is 4.39 Å². The summed E-state index contributed by atoms with van der Waals surface area (Å²) in [6.45, 7) is 0. The molecule has 0 fully saturated rings. The van der Waals surface area contributed by atoms with Gasteiger partial charge in [0.25, 0.3) is 0 Å². The topological polar surface area (TPSA) is 38.0 Å². The van der Waals surface area contributed by atoms with Crippen LogP contribution >= 0.6 is 54.8 Å². The van der Waals surface area contributed by atoms with Crippen molar-refractivity contribution in [1.29, 1.82) is 0 Å². The van der Waals surface area contributed by atoms with Crippen LogP contribution in [0.3, 0.4) is 0 Å². The maximum Gasteiger partial charge on any atom is 0.129 e. The van der Waals surface area contributed by atoms with E-state index in [2.05, 4.69) is 37.3 Å². The summed E-state index contributed by atoms with van der Waals surface area (Å²) in [6.07, 6.45) is 0. The van der Waals surface area contributed by atoms with Gasteiger partial charge in [0.05, 0.1) is 9.83 Å². The maximum absolute atomic E-state index is 13.9. The minimum Gasteiger partial charge on any atom is -0.271 e. The number of hydrazine groups is 1. The van der Waals surface area contributed by atoms with Gasteiger partial charge in [0.2, 0.25) is 0 Å². The van der Waals surface area contributed by atoms with Crippen LogP contribution in [-0.4, -0.2) is 0 Å². The van der Waals surface area contributed by atoms with Gasteiger partial charge in [0.1, 0.15) is 5.82 Å². The van der Waals surface area contributed by atoms with Gasteiger partial charge in [-0.25, -0.2) is 9.82 Å². The molecule has 1 aromatic heterocycles. The molecule has 0 radical (unpaired) electrons. The van der Waals surface area contributed by atoms with Crippen LogP contribution in [0.5, 0.6) is 0 Å². The zero-order chi connectivity index (χ0) is 13.3. The van der Waals surface area contributed by atoms with Crippen LogP contribution in [0.4, 0.5) is 4.39 Å². The van der Waals surface area contributed by atoms with Crippen LogP contribution in [0.1, 0.15) is 16.5 Å². The zero-order valence-corrected chi connectivity index (χ0v) is 13.6. The number of nitrogens with one attached hydrogen (secondary N) is 1. The summed E-state index contributed by atoms with van der Waals surface area (Å²) in [6, 6.07) is 6.03. The molecule has 2 nitrogen and oxygen atoms in total. The highest BCUT2D eigenvalue weighted by Gasteiger charge is 2.20. The first-order valence-electron chi connectivity index (χ1n) is 4.88. The molecule has 18 heavy (non-hydrogen) atoms. The minimum absolute atomic E-state index is 0.362. The molecule has 2 rings (SSSR count). The average molecular weight is 415 g/mol. The molecule has 3 N–H and O–H groups in total. The first-order valence-corrected chi connectivity index (χ1v) is 7.66. The molecule has 96 valence electrons. The zero-order valence-electron chi connectivity index (χ0n) is 8.88. The smallest absolute Gasteiger partial charge is 0.129 e. The van der Waals surface area contributed by atoms with Gasteiger partial charge in [-0.2, -0.15) is 0 Å². The lowest BCUT2D eigenvalue weighted by Crippen LogP contribution is -2.28. The fourth-order valence-electron chi connectivity index (χ4n) is 1.57. The van der Waals surface area contributed by atoms with Crippen molar-refractivity contribution in [3.8, 4) is 0 Å². The van der Waals surface area contributed by atoms with Gasteiger partial charge in [0.15, 0.2) is 0 Å². The van der Waals surface area contributed by atoms with Crippen LogP contribution in [0.25, 0.3) is 0 Å². The lowest BCUT2D eigenvalue weighted by Gasteiger charge is -2.15. The standard InChI is InChI=1S/C11H8Br2ClFN2S/c12-7-4-9(18-11(7)13)10(17-16)6-2-1-5(14)3-8(6)15/h1-4,10,17H,16H2. The summed E-state index contributed by atoms with van der Waals surface area (Å²) in [7, 11) is 0. The SMILES string of the molecule is NNC(c1cc(Br)c(Br)s1)c1ccc(Cl)cc1F. The molecule has 0 bridgehead atoms. The highest BCUT2D eigenvalue weighted by atomic mass is 79.9. The Bertz CT molecular complexity index is 557. The van der Waals surface area contributed by atoms with E-state index in [9.17, 15) is 4.39 Å². The highest BCUT2D eigenvalue weighted by Crippen LogP contribution is 2.38. The molecule has 0 aliphatic rings. The van der Waals surface area contributed by atoms with Crippen molar-refractivity contribution >= 4 is 54.8 Å². The highest BCUT2D eigenvalue weighted by molar-refractivity contribution is 9.13. The van der Waals surface area contributed by atoms with E-state index in [0.29, 0.717) is 10.6 Å². The molecule has 2 aromatic rings. The van der Waals surface area contributed by atoms with Gasteiger partial charge in [-0.05, 0) is 50.1 Å². The summed E-state index contributed by atoms with van der Waals surface area (Å²) in [5, 5.41) is 0.362. The Labute approximate surface area is 130 Å². The predicted molar refractivity (Wildman–Crippen MR) is 80.3 cm³/mol. The van der Waals surface area contributed by atoms with E-state index < -0.39 is 6.04 Å². The monoisotopic (exact) mass is 412 g/mol. The molecule has 0 aliphatic heterocycles. The second-order valence-electron chi connectivity index (χ2n) is 3.54. The van der Waals surface area contributed by atoms with Crippen LogP contribution in [-0.2, 0) is 0 Å². The van der Waals surface area contributed by atoms with Gasteiger partial charge < -0.3 is 0 Å². The molecule has 0 amide bonds. The van der Waals surface area contributed by atoms with Crippen molar-refractivity contribution in [1.82, 2.24) is 5.43 Å². The van der Waals surface area contributed by atoms with E-state index in [1.807, 2.05) is 6.07 Å². The van der Waals surface area contributed by atoms with Gasteiger partial charge in [-0.3, -0.25) is 5.84 Å². The molecule has 0 aliphatic carbocycles. The summed E-state index contributed by atoms with van der Waals surface area (Å²) >= 11 is 14.0. The second-order valence-corrected chi connectivity index (χ2v) is 7.23. The van der Waals surface area contributed by atoms with Crippen molar-refractivity contribution in [2.24, 2.45) is 5.84 Å². The Kier molecular flexibility index (Phi) is 4.80. The van der Waals surface area contributed by atoms with Gasteiger partial charge in [-0.15, -0.1) is 11.3 Å². The molecule has 0 saturated carbocycles. The van der Waals surface area contributed by atoms with E-state index in [-0.39, 0.29) is 5.82 Å². The first kappa shape index (κ1) is 14.4. The molecular formula is C11H8Br2ClFN2S. The Morgan fingerprint density at radius 1 is 1.33 bits per heavy atom. The van der Waals surface area contributed by atoms with Gasteiger partial charge in [0, 0.05) is 19.9 Å². The third-order valence-corrected chi connectivity index (χ3v) is 5.95. The quantitative estimate of drug-likeness (QED) is 0.568. The number of thiophene rings is 1. The fourth-order valence-corrected chi connectivity index (χ4v) is 3.89. The normalized spacial score (nSPS) is 12.7. The molecule has 0 saturated heterocycles. The molecule has 1 aromatic carbocycles. The lowest BCUT2D eigenvalue weighted by atomic mass is 10.1. The van der Waals surface area contributed by atoms with Crippen LogP contribution in [0.15, 0.2) is 32.5 Å². The number of hydrogen-bond acceptors (Lipinski definition) is 3. The predicted octanol–water partition coefficient (Wildman–Crippen LogP) is 4.62. The second kappa shape index (κ2) is 5.98. The van der Waals surface area contributed by atoms with Crippen molar-refractivity contribution in [2.45, 2.75) is 6.04 Å². The Hall–Kier alpha value is 0.0200. The third kappa shape index (κ3) is 2.95. The van der Waals surface area contributed by atoms with Crippen LogP contribution in [0, 0.1) is 5.82 Å². The molecule has 7 heteroatoms. The van der Waals surface area contributed by atoms with Gasteiger partial charge >= 0.3 is 0 Å². The number of benzene rings is 1. The minimum atomic E-state index is -0.408. The number of nitrogens with two attached hydrogens (primary N) is 1. The third-order valence-electron chi connectivity index (χ3n) is 2.39. The molecule has 0 spiro atoms. The molecule has 1 unspecified atom stereocenters. The summed E-state index contributed by atoms with van der Waals surface area (Å²) in [4.78, 5) is 0.900. The van der Waals surface area contributed by atoms with E-state index in [0.717, 1.165) is 13.1 Å². The van der Waals surface area contributed by atoms with E-state index in [1.54, 1.807) is 12.1 Å². The molecule has 1 heterocycles. The summed E-state index contributed by atoms with van der Waals surface area (Å²) in [5.41, 5.74) is 3.08. The maximum atomic E-state index is 13.9. The largest absolute Gasteiger partial charge is 0.271 e. The molecule has 1 atom stereocenters. The Morgan fingerprint density at radius 2 is 2.06 bits per heavy atom. The van der Waals surface area contributed by atoms with E-state index in [4.69, 9.17) is 17.4 Å². The Morgan fingerprint density at radius 3 is 2.56 bits per heavy atom. The summed E-state index contributed by atoms with van der Waals surface area (Å²) < 4.78 is 15.7. The fraction of sp³-hybridized carbons (Fsp3) is 0.0909. The van der Waals surface area contributed by atoms with E-state index >= 15 is 0 Å². The van der Waals surface area contributed by atoms with Crippen molar-refractivity contribution in [3.05, 3.63) is 53.8 Å². The van der Waals surface area contributed by atoms with Crippen molar-refractivity contribution in [3.63, 3.8) is 0 Å². The number of halogens is 4. The van der Waals surface area contributed by atoms with Crippen LogP contribution < -0.4 is 11.3 Å². The van der Waals surface area contributed by atoms with Crippen LogP contribution in [0.2, 0.25) is 5.02 Å². The first-order chi connectivity index (χ1) is 8.52. The van der Waals surface area contributed by atoms with Gasteiger partial charge in [-0.1, -0.05) is 17.7 Å². The van der Waals surface area contributed by atoms with E-state index in [1.165, 1.54) is 17.4 Å². The number of hydrogen-bond donors (Lipinski definition) is 2.